The lowest BCUT2D eigenvalue weighted by atomic mass is 9.85. The van der Waals surface area contributed by atoms with Crippen molar-refractivity contribution in [3.05, 3.63) is 51.0 Å². The summed E-state index contributed by atoms with van der Waals surface area (Å²) in [5.41, 5.74) is 9.88. The fourth-order valence-electron chi connectivity index (χ4n) is 2.83. The molecule has 2 N–H and O–H groups in total. The van der Waals surface area contributed by atoms with Gasteiger partial charge in [0, 0.05) is 11.4 Å². The summed E-state index contributed by atoms with van der Waals surface area (Å²) in [5, 5.41) is 1.09. The Balaban J connectivity index is 1.80. The monoisotopic (exact) mass is 272 g/mol. The quantitative estimate of drug-likeness (QED) is 0.929. The number of aryl methyl sites for hydroxylation is 2. The van der Waals surface area contributed by atoms with Crippen LogP contribution < -0.4 is 5.73 Å². The predicted molar refractivity (Wildman–Crippen MR) is 80.6 cm³/mol. The molecule has 1 aliphatic rings. The number of hydrogen-bond donors (Lipinski definition) is 1. The maximum atomic E-state index is 5.69. The highest BCUT2D eigenvalue weighted by Crippen LogP contribution is 2.35. The van der Waals surface area contributed by atoms with Gasteiger partial charge in [-0.05, 0) is 42.7 Å². The molecule has 0 radical (unpaired) electrons. The Labute approximate surface area is 118 Å². The molecule has 1 aromatic heterocycles. The van der Waals surface area contributed by atoms with Crippen LogP contribution in [0.5, 0.6) is 0 Å². The number of aromatic nitrogens is 1. The van der Waals surface area contributed by atoms with Crippen LogP contribution in [0.25, 0.3) is 0 Å². The van der Waals surface area contributed by atoms with Gasteiger partial charge in [-0.1, -0.05) is 31.2 Å². The minimum atomic E-state index is 0.577. The van der Waals surface area contributed by atoms with Crippen LogP contribution in [-0.4, -0.2) is 4.98 Å². The lowest BCUT2D eigenvalue weighted by Gasteiger charge is -2.21. The second-order valence-corrected chi connectivity index (χ2v) is 6.38. The van der Waals surface area contributed by atoms with E-state index in [0.29, 0.717) is 12.5 Å². The highest BCUT2D eigenvalue weighted by atomic mass is 32.1. The normalized spacial score (nSPS) is 18.3. The molecule has 1 aromatic carbocycles. The summed E-state index contributed by atoms with van der Waals surface area (Å²) in [6.07, 6.45) is 4.57. The predicted octanol–water partition coefficient (Wildman–Crippen LogP) is 3.44. The fraction of sp³-hybridized carbons (Fsp3) is 0.438. The Kier molecular flexibility index (Phi) is 3.67. The van der Waals surface area contributed by atoms with E-state index in [4.69, 9.17) is 5.73 Å². The lowest BCUT2D eigenvalue weighted by Crippen LogP contribution is -2.11. The van der Waals surface area contributed by atoms with Gasteiger partial charge in [-0.15, -0.1) is 11.3 Å². The van der Waals surface area contributed by atoms with E-state index in [0.717, 1.165) is 24.3 Å². The van der Waals surface area contributed by atoms with Gasteiger partial charge in [0.1, 0.15) is 5.01 Å². The lowest BCUT2D eigenvalue weighted by molar-refractivity contribution is 0.583. The van der Waals surface area contributed by atoms with E-state index in [1.807, 2.05) is 0 Å². The van der Waals surface area contributed by atoms with Crippen molar-refractivity contribution in [2.75, 3.05) is 0 Å². The first-order chi connectivity index (χ1) is 9.30. The molecule has 2 aromatic rings. The van der Waals surface area contributed by atoms with Crippen molar-refractivity contribution in [3.63, 3.8) is 0 Å². The highest BCUT2D eigenvalue weighted by molar-refractivity contribution is 7.11. The van der Waals surface area contributed by atoms with Crippen LogP contribution in [-0.2, 0) is 25.8 Å². The zero-order valence-electron chi connectivity index (χ0n) is 11.4. The molecule has 1 heterocycles. The van der Waals surface area contributed by atoms with Crippen molar-refractivity contribution in [2.45, 2.75) is 45.1 Å². The average Bonchev–Trinajstić information content (AvgIpc) is 2.89. The Morgan fingerprint density at radius 1 is 1.32 bits per heavy atom. The van der Waals surface area contributed by atoms with Gasteiger partial charge in [0.25, 0.3) is 0 Å². The molecule has 0 aliphatic heterocycles. The topological polar surface area (TPSA) is 38.9 Å². The molecular formula is C16H20N2S. The third-order valence-corrected chi connectivity index (χ3v) is 5.16. The van der Waals surface area contributed by atoms with Crippen LogP contribution >= 0.6 is 11.3 Å². The molecular weight excluding hydrogens is 252 g/mol. The molecule has 1 atom stereocenters. The van der Waals surface area contributed by atoms with Crippen LogP contribution in [0.4, 0.5) is 0 Å². The smallest absolute Gasteiger partial charge is 0.107 e. The van der Waals surface area contributed by atoms with Gasteiger partial charge in [-0.3, -0.25) is 0 Å². The highest BCUT2D eigenvalue weighted by Gasteiger charge is 2.23. The summed E-state index contributed by atoms with van der Waals surface area (Å²) < 4.78 is 0. The van der Waals surface area contributed by atoms with Gasteiger partial charge in [0.05, 0.1) is 5.69 Å². The Bertz CT molecular complexity index is 557. The number of nitrogens with zero attached hydrogens (tertiary/aromatic N) is 1. The number of thiazole rings is 1. The first-order valence-electron chi connectivity index (χ1n) is 7.06. The summed E-state index contributed by atoms with van der Waals surface area (Å²) in [7, 11) is 0. The van der Waals surface area contributed by atoms with Crippen molar-refractivity contribution in [1.82, 2.24) is 4.98 Å². The summed E-state index contributed by atoms with van der Waals surface area (Å²) in [6.45, 7) is 2.78. The molecule has 0 fully saturated rings. The van der Waals surface area contributed by atoms with Crippen molar-refractivity contribution in [1.29, 1.82) is 0 Å². The number of nitrogens with two attached hydrogens (primary N) is 1. The van der Waals surface area contributed by atoms with E-state index in [2.05, 4.69) is 36.2 Å². The minimum absolute atomic E-state index is 0.577. The molecule has 3 rings (SSSR count). The molecule has 0 spiro atoms. The number of rotatable bonds is 3. The van der Waals surface area contributed by atoms with Gasteiger partial charge in [-0.2, -0.15) is 0 Å². The van der Waals surface area contributed by atoms with Crippen LogP contribution in [0, 0.1) is 0 Å². The van der Waals surface area contributed by atoms with Crippen molar-refractivity contribution in [2.24, 2.45) is 5.73 Å². The summed E-state index contributed by atoms with van der Waals surface area (Å²) in [5.74, 6) is 0.657. The zero-order valence-corrected chi connectivity index (χ0v) is 12.2. The van der Waals surface area contributed by atoms with Gasteiger partial charge in [0.15, 0.2) is 0 Å². The summed E-state index contributed by atoms with van der Waals surface area (Å²) >= 11 is 1.81. The van der Waals surface area contributed by atoms with E-state index < -0.39 is 0 Å². The standard InChI is InChI=1S/C16H20N2S/c1-2-11-3-5-12(6-4-11)13-7-8-14-15(9-13)19-16(10-17)18-14/h3-6,13H,2,7-10,17H2,1H3. The van der Waals surface area contributed by atoms with E-state index in [-0.39, 0.29) is 0 Å². The molecule has 1 unspecified atom stereocenters. The van der Waals surface area contributed by atoms with Gasteiger partial charge < -0.3 is 5.73 Å². The first-order valence-corrected chi connectivity index (χ1v) is 7.88. The molecule has 100 valence electrons. The van der Waals surface area contributed by atoms with Crippen LogP contribution in [0.1, 0.15) is 46.0 Å². The third kappa shape index (κ3) is 2.58. The number of fused-ring (bicyclic) bond motifs is 1. The summed E-state index contributed by atoms with van der Waals surface area (Å²) in [4.78, 5) is 6.07. The van der Waals surface area contributed by atoms with Crippen LogP contribution in [0.3, 0.4) is 0 Å². The minimum Gasteiger partial charge on any atom is -0.325 e. The maximum absolute atomic E-state index is 5.69. The molecule has 0 saturated heterocycles. The van der Waals surface area contributed by atoms with Crippen LogP contribution in [0.15, 0.2) is 24.3 Å². The Morgan fingerprint density at radius 3 is 2.79 bits per heavy atom. The van der Waals surface area contributed by atoms with E-state index in [9.17, 15) is 0 Å². The molecule has 19 heavy (non-hydrogen) atoms. The Hall–Kier alpha value is -1.19. The molecule has 3 heteroatoms. The molecule has 1 aliphatic carbocycles. The molecule has 2 nitrogen and oxygen atoms in total. The van der Waals surface area contributed by atoms with E-state index >= 15 is 0 Å². The van der Waals surface area contributed by atoms with E-state index in [1.54, 1.807) is 11.3 Å². The number of hydrogen-bond acceptors (Lipinski definition) is 3. The van der Waals surface area contributed by atoms with Crippen molar-refractivity contribution < 1.29 is 0 Å². The first kappa shape index (κ1) is 12.8. The second kappa shape index (κ2) is 5.43. The SMILES string of the molecule is CCc1ccc(C2CCc3nc(CN)sc3C2)cc1. The van der Waals surface area contributed by atoms with Gasteiger partial charge in [0.2, 0.25) is 0 Å². The molecule has 0 bridgehead atoms. The summed E-state index contributed by atoms with van der Waals surface area (Å²) in [6, 6.07) is 9.14. The average molecular weight is 272 g/mol. The molecule has 0 saturated carbocycles. The fourth-order valence-corrected chi connectivity index (χ4v) is 3.90. The van der Waals surface area contributed by atoms with Gasteiger partial charge >= 0.3 is 0 Å². The zero-order chi connectivity index (χ0) is 13.2. The third-order valence-electron chi connectivity index (χ3n) is 4.02. The van der Waals surface area contributed by atoms with Gasteiger partial charge in [-0.25, -0.2) is 4.98 Å². The largest absolute Gasteiger partial charge is 0.325 e. The van der Waals surface area contributed by atoms with Crippen LogP contribution in [0.2, 0.25) is 0 Å². The maximum Gasteiger partial charge on any atom is 0.107 e. The second-order valence-electron chi connectivity index (χ2n) is 5.22. The van der Waals surface area contributed by atoms with E-state index in [1.165, 1.54) is 28.1 Å². The van der Waals surface area contributed by atoms with Crippen molar-refractivity contribution >= 4 is 11.3 Å². The Morgan fingerprint density at radius 2 is 2.11 bits per heavy atom. The number of benzene rings is 1. The molecule has 0 amide bonds. The van der Waals surface area contributed by atoms with Crippen molar-refractivity contribution in [3.8, 4) is 0 Å².